The predicted octanol–water partition coefficient (Wildman–Crippen LogP) is 3.85. The SMILES string of the molecule is COc1ccc(NCC(=O)N/N=C/c2ccc(OCc3ccccc3)c(OC)c2)cc1. The van der Waals surface area contributed by atoms with Crippen molar-refractivity contribution in [2.75, 3.05) is 26.1 Å². The number of hydrogen-bond acceptors (Lipinski definition) is 6. The summed E-state index contributed by atoms with van der Waals surface area (Å²) in [5.74, 6) is 1.72. The van der Waals surface area contributed by atoms with Gasteiger partial charge in [-0.2, -0.15) is 5.10 Å². The van der Waals surface area contributed by atoms with Crippen LogP contribution in [0.3, 0.4) is 0 Å². The Balaban J connectivity index is 1.49. The second kappa shape index (κ2) is 11.3. The van der Waals surface area contributed by atoms with E-state index in [1.165, 1.54) is 0 Å². The lowest BCUT2D eigenvalue weighted by atomic mass is 10.2. The Labute approximate surface area is 181 Å². The Bertz CT molecular complexity index is 1010. The summed E-state index contributed by atoms with van der Waals surface area (Å²) >= 11 is 0. The van der Waals surface area contributed by atoms with Gasteiger partial charge in [-0.15, -0.1) is 0 Å². The maximum Gasteiger partial charge on any atom is 0.259 e. The van der Waals surface area contributed by atoms with Crippen LogP contribution in [0, 0.1) is 0 Å². The number of carbonyl (C=O) groups is 1. The summed E-state index contributed by atoms with van der Waals surface area (Å²) < 4.78 is 16.4. The van der Waals surface area contributed by atoms with Gasteiger partial charge in [-0.1, -0.05) is 30.3 Å². The second-order valence-electron chi connectivity index (χ2n) is 6.56. The zero-order valence-corrected chi connectivity index (χ0v) is 17.5. The molecule has 0 aliphatic carbocycles. The molecule has 0 aromatic heterocycles. The average molecular weight is 419 g/mol. The van der Waals surface area contributed by atoms with E-state index < -0.39 is 0 Å². The van der Waals surface area contributed by atoms with Crippen LogP contribution in [-0.4, -0.2) is 32.9 Å². The molecular formula is C24H25N3O4. The standard InChI is InChI=1S/C24H25N3O4/c1-29-21-11-9-20(10-12-21)25-16-24(28)27-26-15-19-8-13-22(23(14-19)30-2)31-17-18-6-4-3-5-7-18/h3-15,25H,16-17H2,1-2H3,(H,27,28)/b26-15+. The normalized spacial score (nSPS) is 10.5. The maximum absolute atomic E-state index is 12.0. The first-order chi connectivity index (χ1) is 15.2. The van der Waals surface area contributed by atoms with Gasteiger partial charge in [0.25, 0.3) is 5.91 Å². The van der Waals surface area contributed by atoms with Gasteiger partial charge in [-0.3, -0.25) is 4.79 Å². The quantitative estimate of drug-likeness (QED) is 0.385. The van der Waals surface area contributed by atoms with Gasteiger partial charge in [0.05, 0.1) is 27.0 Å². The molecule has 0 aliphatic rings. The van der Waals surface area contributed by atoms with Gasteiger partial charge in [-0.05, 0) is 53.6 Å². The van der Waals surface area contributed by atoms with Crippen LogP contribution in [0.15, 0.2) is 77.9 Å². The molecule has 0 fully saturated rings. The first-order valence-electron chi connectivity index (χ1n) is 9.72. The van der Waals surface area contributed by atoms with E-state index in [2.05, 4.69) is 15.8 Å². The molecule has 0 aliphatic heterocycles. The molecule has 0 radical (unpaired) electrons. The summed E-state index contributed by atoms with van der Waals surface area (Å²) in [5.41, 5.74) is 5.15. The number of ether oxygens (including phenoxy) is 3. The molecule has 0 saturated heterocycles. The molecule has 31 heavy (non-hydrogen) atoms. The number of nitrogens with zero attached hydrogens (tertiary/aromatic N) is 1. The molecule has 2 N–H and O–H groups in total. The lowest BCUT2D eigenvalue weighted by Crippen LogP contribution is -2.25. The van der Waals surface area contributed by atoms with Crippen LogP contribution in [0.2, 0.25) is 0 Å². The van der Waals surface area contributed by atoms with E-state index in [0.717, 1.165) is 22.6 Å². The van der Waals surface area contributed by atoms with E-state index in [4.69, 9.17) is 14.2 Å². The molecule has 0 spiro atoms. The van der Waals surface area contributed by atoms with E-state index in [9.17, 15) is 4.79 Å². The molecule has 0 saturated carbocycles. The summed E-state index contributed by atoms with van der Waals surface area (Å²) in [6.45, 7) is 0.543. The van der Waals surface area contributed by atoms with Crippen molar-refractivity contribution < 1.29 is 19.0 Å². The second-order valence-corrected chi connectivity index (χ2v) is 6.56. The number of hydrogen-bond donors (Lipinski definition) is 2. The van der Waals surface area contributed by atoms with Crippen LogP contribution in [0.25, 0.3) is 0 Å². The molecule has 0 unspecified atom stereocenters. The number of nitrogens with one attached hydrogen (secondary N) is 2. The van der Waals surface area contributed by atoms with Crippen molar-refractivity contribution in [1.29, 1.82) is 0 Å². The maximum atomic E-state index is 12.0. The molecule has 0 bridgehead atoms. The van der Waals surface area contributed by atoms with Gasteiger partial charge in [-0.25, -0.2) is 5.43 Å². The third-order valence-corrected chi connectivity index (χ3v) is 4.37. The summed E-state index contributed by atoms with van der Waals surface area (Å²) in [6.07, 6.45) is 1.55. The molecule has 3 rings (SSSR count). The van der Waals surface area contributed by atoms with E-state index in [-0.39, 0.29) is 12.5 Å². The highest BCUT2D eigenvalue weighted by atomic mass is 16.5. The molecule has 3 aromatic rings. The minimum atomic E-state index is -0.262. The smallest absolute Gasteiger partial charge is 0.259 e. The van der Waals surface area contributed by atoms with Gasteiger partial charge >= 0.3 is 0 Å². The Kier molecular flexibility index (Phi) is 7.88. The van der Waals surface area contributed by atoms with Gasteiger partial charge in [0.15, 0.2) is 11.5 Å². The zero-order valence-electron chi connectivity index (χ0n) is 17.5. The zero-order chi connectivity index (χ0) is 21.9. The van der Waals surface area contributed by atoms with Gasteiger partial charge in [0.1, 0.15) is 12.4 Å². The van der Waals surface area contributed by atoms with E-state index in [1.807, 2.05) is 66.7 Å². The average Bonchev–Trinajstić information content (AvgIpc) is 2.82. The fourth-order valence-electron chi connectivity index (χ4n) is 2.73. The van der Waals surface area contributed by atoms with Crippen molar-refractivity contribution >= 4 is 17.8 Å². The first kappa shape index (κ1) is 21.7. The van der Waals surface area contributed by atoms with Crippen molar-refractivity contribution in [2.45, 2.75) is 6.61 Å². The highest BCUT2D eigenvalue weighted by molar-refractivity contribution is 5.84. The number of amides is 1. The van der Waals surface area contributed by atoms with Gasteiger partial charge < -0.3 is 19.5 Å². The molecule has 7 heteroatoms. The highest BCUT2D eigenvalue weighted by Crippen LogP contribution is 2.28. The van der Waals surface area contributed by atoms with E-state index in [0.29, 0.717) is 18.1 Å². The van der Waals surface area contributed by atoms with Gasteiger partial charge in [0.2, 0.25) is 0 Å². The predicted molar refractivity (Wildman–Crippen MR) is 121 cm³/mol. The largest absolute Gasteiger partial charge is 0.497 e. The summed E-state index contributed by atoms with van der Waals surface area (Å²) in [7, 11) is 3.19. The minimum Gasteiger partial charge on any atom is -0.497 e. The molecule has 0 heterocycles. The van der Waals surface area contributed by atoms with Crippen molar-refractivity contribution in [3.8, 4) is 17.2 Å². The minimum absolute atomic E-state index is 0.0965. The third kappa shape index (κ3) is 6.78. The monoisotopic (exact) mass is 419 g/mol. The molecule has 7 nitrogen and oxygen atoms in total. The van der Waals surface area contributed by atoms with Crippen LogP contribution in [0.5, 0.6) is 17.2 Å². The molecular weight excluding hydrogens is 394 g/mol. The lowest BCUT2D eigenvalue weighted by molar-refractivity contribution is -0.119. The number of methoxy groups -OCH3 is 2. The van der Waals surface area contributed by atoms with Gasteiger partial charge in [0, 0.05) is 5.69 Å². The van der Waals surface area contributed by atoms with Crippen LogP contribution >= 0.6 is 0 Å². The Hall–Kier alpha value is -4.00. The third-order valence-electron chi connectivity index (χ3n) is 4.37. The Morgan fingerprint density at radius 3 is 2.42 bits per heavy atom. The van der Waals surface area contributed by atoms with Crippen molar-refractivity contribution in [1.82, 2.24) is 5.43 Å². The van der Waals surface area contributed by atoms with Crippen molar-refractivity contribution in [2.24, 2.45) is 5.10 Å². The van der Waals surface area contributed by atoms with E-state index >= 15 is 0 Å². The lowest BCUT2D eigenvalue weighted by Gasteiger charge is -2.11. The number of rotatable bonds is 10. The Morgan fingerprint density at radius 1 is 0.935 bits per heavy atom. The van der Waals surface area contributed by atoms with Crippen LogP contribution in [0.4, 0.5) is 5.69 Å². The van der Waals surface area contributed by atoms with E-state index in [1.54, 1.807) is 26.5 Å². The summed E-state index contributed by atoms with van der Waals surface area (Å²) in [5, 5.41) is 7.02. The number of benzene rings is 3. The molecule has 3 aromatic carbocycles. The summed E-state index contributed by atoms with van der Waals surface area (Å²) in [6, 6.07) is 22.7. The molecule has 160 valence electrons. The number of anilines is 1. The fourth-order valence-corrected chi connectivity index (χ4v) is 2.73. The van der Waals surface area contributed by atoms with Crippen LogP contribution in [0.1, 0.15) is 11.1 Å². The first-order valence-corrected chi connectivity index (χ1v) is 9.72. The highest BCUT2D eigenvalue weighted by Gasteiger charge is 2.06. The fraction of sp³-hybridized carbons (Fsp3) is 0.167. The topological polar surface area (TPSA) is 81.2 Å². The summed E-state index contributed by atoms with van der Waals surface area (Å²) in [4.78, 5) is 12.0. The molecule has 1 amide bonds. The molecule has 0 atom stereocenters. The Morgan fingerprint density at radius 2 is 1.71 bits per heavy atom. The van der Waals surface area contributed by atoms with Crippen molar-refractivity contribution in [3.05, 3.63) is 83.9 Å². The van der Waals surface area contributed by atoms with Crippen LogP contribution < -0.4 is 25.0 Å². The van der Waals surface area contributed by atoms with Crippen molar-refractivity contribution in [3.63, 3.8) is 0 Å². The number of carbonyl (C=O) groups excluding carboxylic acids is 1. The van der Waals surface area contributed by atoms with Crippen LogP contribution in [-0.2, 0) is 11.4 Å². The number of hydrazone groups is 1.